The van der Waals surface area contributed by atoms with Gasteiger partial charge in [0.1, 0.15) is 0 Å². The fraction of sp³-hybridized carbons (Fsp3) is 0.265. The zero-order chi connectivity index (χ0) is 46.1. The van der Waals surface area contributed by atoms with Gasteiger partial charge in [0.2, 0.25) is 0 Å². The quantitative estimate of drug-likeness (QED) is 0.0493. The van der Waals surface area contributed by atoms with E-state index < -0.39 is 23.9 Å². The van der Waals surface area contributed by atoms with Gasteiger partial charge in [-0.1, -0.05) is 44.4 Å². The minimum Gasteiger partial charge on any atom is -0.478 e. The van der Waals surface area contributed by atoms with Gasteiger partial charge in [-0.05, 0) is 135 Å². The molecule has 4 rings (SSSR count). The largest absolute Gasteiger partial charge is 0.478 e. The second-order valence-electron chi connectivity index (χ2n) is 13.4. The van der Waals surface area contributed by atoms with Gasteiger partial charge in [-0.3, -0.25) is 0 Å². The summed E-state index contributed by atoms with van der Waals surface area (Å²) in [5.74, 6) is -3.63. The highest BCUT2D eigenvalue weighted by atomic mass is 16.4. The topological polar surface area (TPSA) is 180 Å². The molecular formula is C49H62N4O8. The molecule has 0 bridgehead atoms. The predicted octanol–water partition coefficient (Wildman–Crippen LogP) is 10.4. The molecule has 0 heterocycles. The standard InChI is InChI=1S/C14H19NO2.2C12H15NO2.C11H13NO2/c1-4-9-15(6-3)12-7-8-13(14(16)17)11(5-2)10-12;1-4-5-9-8-10(13(2)3)6-7-11(9)12(14)15;1-3-5-9-8-10(13-4-2)6-7-11(9)12(14)15;1-3-8-7-9(12-4-2)5-6-10(8)11(13)14/h5,7-8,10H,2,4,6,9H2,1,3H3,(H,16,17);4,6-8H,1,5H2,2-3H3,(H,14,15);3,6-8,13H,1,4-5H2,2H3,(H,14,15);3,5-7,12H,1,4H2,2H3,(H,13,14). The molecule has 326 valence electrons. The lowest BCUT2D eigenvalue weighted by atomic mass is 10.0. The van der Waals surface area contributed by atoms with Crippen molar-refractivity contribution in [2.75, 3.05) is 60.7 Å². The number of carboxylic acids is 4. The Kier molecular flexibility index (Phi) is 23.5. The van der Waals surface area contributed by atoms with Gasteiger partial charge >= 0.3 is 23.9 Å². The van der Waals surface area contributed by atoms with Gasteiger partial charge in [-0.15, -0.1) is 13.2 Å². The first-order chi connectivity index (χ1) is 29.1. The van der Waals surface area contributed by atoms with Crippen molar-refractivity contribution in [2.45, 2.75) is 47.0 Å². The Morgan fingerprint density at radius 1 is 0.557 bits per heavy atom. The van der Waals surface area contributed by atoms with Crippen LogP contribution in [0.5, 0.6) is 0 Å². The molecule has 0 unspecified atom stereocenters. The highest BCUT2D eigenvalue weighted by Crippen LogP contribution is 2.22. The van der Waals surface area contributed by atoms with Gasteiger partial charge in [0.05, 0.1) is 22.3 Å². The number of nitrogens with one attached hydrogen (secondary N) is 2. The summed E-state index contributed by atoms with van der Waals surface area (Å²) < 4.78 is 0. The van der Waals surface area contributed by atoms with Crippen LogP contribution in [0.15, 0.2) is 111 Å². The number of hydrogen-bond donors (Lipinski definition) is 6. The second-order valence-corrected chi connectivity index (χ2v) is 13.4. The molecule has 0 aromatic heterocycles. The first-order valence-electron chi connectivity index (χ1n) is 19.9. The van der Waals surface area contributed by atoms with Gasteiger partial charge in [0.25, 0.3) is 0 Å². The van der Waals surface area contributed by atoms with Crippen LogP contribution in [0, 0.1) is 0 Å². The molecule has 0 fully saturated rings. The summed E-state index contributed by atoms with van der Waals surface area (Å²) in [6, 6.07) is 21.1. The molecule has 0 aliphatic heterocycles. The molecule has 61 heavy (non-hydrogen) atoms. The number of anilines is 4. The van der Waals surface area contributed by atoms with Crippen molar-refractivity contribution in [3.63, 3.8) is 0 Å². The molecular weight excluding hydrogens is 773 g/mol. The van der Waals surface area contributed by atoms with Crippen LogP contribution in [-0.4, -0.2) is 84.6 Å². The van der Waals surface area contributed by atoms with Crippen LogP contribution in [0.3, 0.4) is 0 Å². The van der Waals surface area contributed by atoms with Crippen molar-refractivity contribution >= 4 is 58.8 Å². The Labute approximate surface area is 360 Å². The number of rotatable bonds is 19. The number of aromatic carboxylic acids is 4. The van der Waals surface area contributed by atoms with Crippen LogP contribution < -0.4 is 20.4 Å². The van der Waals surface area contributed by atoms with Crippen LogP contribution in [0.25, 0.3) is 12.2 Å². The van der Waals surface area contributed by atoms with E-state index in [9.17, 15) is 19.2 Å². The van der Waals surface area contributed by atoms with Gasteiger partial charge in [0, 0.05) is 63.0 Å². The third kappa shape index (κ3) is 17.0. The van der Waals surface area contributed by atoms with E-state index in [1.165, 1.54) is 0 Å². The van der Waals surface area contributed by atoms with Gasteiger partial charge in [-0.2, -0.15) is 0 Å². The normalized spacial score (nSPS) is 9.74. The van der Waals surface area contributed by atoms with E-state index in [4.69, 9.17) is 20.4 Å². The van der Waals surface area contributed by atoms with Crippen molar-refractivity contribution in [1.82, 2.24) is 0 Å². The highest BCUT2D eigenvalue weighted by Gasteiger charge is 2.13. The third-order valence-electron chi connectivity index (χ3n) is 8.89. The van der Waals surface area contributed by atoms with Gasteiger partial charge in [-0.25, -0.2) is 19.2 Å². The molecule has 4 aromatic rings. The molecule has 0 amide bonds. The van der Waals surface area contributed by atoms with Crippen molar-refractivity contribution in [1.29, 1.82) is 0 Å². The van der Waals surface area contributed by atoms with Crippen LogP contribution in [-0.2, 0) is 12.8 Å². The lowest BCUT2D eigenvalue weighted by molar-refractivity contribution is 0.0685. The zero-order valence-corrected chi connectivity index (χ0v) is 36.3. The first-order valence-corrected chi connectivity index (χ1v) is 19.9. The molecule has 0 saturated heterocycles. The van der Waals surface area contributed by atoms with Crippen molar-refractivity contribution in [3.8, 4) is 0 Å². The van der Waals surface area contributed by atoms with Crippen molar-refractivity contribution in [3.05, 3.63) is 156 Å². The molecule has 0 atom stereocenters. The fourth-order valence-corrected chi connectivity index (χ4v) is 5.92. The molecule has 6 N–H and O–H groups in total. The Morgan fingerprint density at radius 3 is 1.38 bits per heavy atom. The maximum atomic E-state index is 11.0. The molecule has 12 nitrogen and oxygen atoms in total. The van der Waals surface area contributed by atoms with Gasteiger partial charge in [0.15, 0.2) is 0 Å². The van der Waals surface area contributed by atoms with Gasteiger partial charge < -0.3 is 40.9 Å². The molecule has 0 aliphatic rings. The van der Waals surface area contributed by atoms with E-state index in [1.807, 2.05) is 57.1 Å². The van der Waals surface area contributed by atoms with E-state index in [0.717, 1.165) is 66.5 Å². The minimum absolute atomic E-state index is 0.279. The number of hydrogen-bond acceptors (Lipinski definition) is 8. The number of carboxylic acid groups (broad SMARTS) is 4. The summed E-state index contributed by atoms with van der Waals surface area (Å²) in [6.45, 7) is 26.2. The lowest BCUT2D eigenvalue weighted by Crippen LogP contribution is -2.23. The van der Waals surface area contributed by atoms with E-state index in [2.05, 4.69) is 55.7 Å². The summed E-state index contributed by atoms with van der Waals surface area (Å²) in [6.07, 6.45) is 8.76. The summed E-state index contributed by atoms with van der Waals surface area (Å²) >= 11 is 0. The minimum atomic E-state index is -0.928. The second kappa shape index (κ2) is 27.6. The molecule has 12 heteroatoms. The van der Waals surface area contributed by atoms with E-state index >= 15 is 0 Å². The SMILES string of the molecule is C=CCc1cc(N(C)C)ccc1C(=O)O.C=CCc1cc(NCC)ccc1C(=O)O.C=Cc1cc(N(CC)CCC)ccc1C(=O)O.C=Cc1cc(NCC)ccc1C(=O)O. The maximum absolute atomic E-state index is 11.0. The van der Waals surface area contributed by atoms with Crippen LogP contribution in [0.2, 0.25) is 0 Å². The molecule has 4 aromatic carbocycles. The smallest absolute Gasteiger partial charge is 0.336 e. The Balaban J connectivity index is 0.000000408. The average molecular weight is 835 g/mol. The zero-order valence-electron chi connectivity index (χ0n) is 36.3. The Bertz CT molecular complexity index is 2130. The summed E-state index contributed by atoms with van der Waals surface area (Å²) in [7, 11) is 3.85. The number of benzene rings is 4. The molecule has 0 saturated carbocycles. The van der Waals surface area contributed by atoms with E-state index in [1.54, 1.807) is 72.8 Å². The fourth-order valence-electron chi connectivity index (χ4n) is 5.92. The highest BCUT2D eigenvalue weighted by molar-refractivity contribution is 5.94. The summed E-state index contributed by atoms with van der Waals surface area (Å²) in [4.78, 5) is 47.8. The average Bonchev–Trinajstić information content (AvgIpc) is 3.23. The van der Waals surface area contributed by atoms with E-state index in [0.29, 0.717) is 40.7 Å². The number of allylic oxidation sites excluding steroid dienone is 2. The first kappa shape index (κ1) is 51.9. The van der Waals surface area contributed by atoms with E-state index in [-0.39, 0.29) is 5.56 Å². The van der Waals surface area contributed by atoms with Crippen LogP contribution >= 0.6 is 0 Å². The third-order valence-corrected chi connectivity index (χ3v) is 8.89. The molecule has 0 spiro atoms. The summed E-state index contributed by atoms with van der Waals surface area (Å²) in [5, 5.41) is 42.1. The van der Waals surface area contributed by atoms with Crippen LogP contribution in [0.1, 0.15) is 97.8 Å². The predicted molar refractivity (Wildman–Crippen MR) is 252 cm³/mol. The lowest BCUT2D eigenvalue weighted by Gasteiger charge is -2.23. The number of carbonyl (C=O) groups is 4. The van der Waals surface area contributed by atoms with Crippen molar-refractivity contribution in [2.24, 2.45) is 0 Å². The Hall–Kier alpha value is -7.08. The maximum Gasteiger partial charge on any atom is 0.336 e. The van der Waals surface area contributed by atoms with Crippen LogP contribution in [0.4, 0.5) is 22.7 Å². The monoisotopic (exact) mass is 834 g/mol. The summed E-state index contributed by atoms with van der Waals surface area (Å²) in [5.41, 5.74) is 8.06. The Morgan fingerprint density at radius 2 is 0.967 bits per heavy atom. The molecule has 0 aliphatic carbocycles. The number of nitrogens with zero attached hydrogens (tertiary/aromatic N) is 2. The van der Waals surface area contributed by atoms with Crippen molar-refractivity contribution < 1.29 is 39.6 Å². The molecule has 0 radical (unpaired) electrons.